The molecule has 1 saturated heterocycles. The molecule has 1 aliphatic heterocycles. The van der Waals surface area contributed by atoms with Gasteiger partial charge in [0.2, 0.25) is 0 Å². The second kappa shape index (κ2) is 5.15. The highest BCUT2D eigenvalue weighted by Gasteiger charge is 2.33. The van der Waals surface area contributed by atoms with Gasteiger partial charge in [-0.05, 0) is 18.8 Å². The number of carbonyl (C=O) groups is 1. The number of nitrogens with zero attached hydrogens (tertiary/aromatic N) is 3. The zero-order chi connectivity index (χ0) is 15.1. The first-order valence-electron chi connectivity index (χ1n) is 7.72. The molecule has 0 aromatic carbocycles. The molecule has 4 rings (SSSR count). The van der Waals surface area contributed by atoms with Gasteiger partial charge in [-0.3, -0.25) is 9.89 Å². The highest BCUT2D eigenvalue weighted by Crippen LogP contribution is 2.40. The molecule has 7 heteroatoms. The average Bonchev–Trinajstić information content (AvgIpc) is 2.96. The number of hydrogen-bond acceptors (Lipinski definition) is 5. The summed E-state index contributed by atoms with van der Waals surface area (Å²) >= 11 is 0. The summed E-state index contributed by atoms with van der Waals surface area (Å²) in [5.41, 5.74) is 1.44. The summed E-state index contributed by atoms with van der Waals surface area (Å²) in [5, 5.41) is 13.8. The van der Waals surface area contributed by atoms with Crippen molar-refractivity contribution in [1.29, 1.82) is 0 Å². The fourth-order valence-corrected chi connectivity index (χ4v) is 2.98. The van der Waals surface area contributed by atoms with E-state index >= 15 is 0 Å². The van der Waals surface area contributed by atoms with Gasteiger partial charge in [0.05, 0.1) is 17.9 Å². The predicted octanol–water partition coefficient (Wildman–Crippen LogP) is 1.53. The third kappa shape index (κ3) is 2.47. The summed E-state index contributed by atoms with van der Waals surface area (Å²) in [6.07, 6.45) is 5.94. The monoisotopic (exact) mass is 301 g/mol. The van der Waals surface area contributed by atoms with Gasteiger partial charge in [0.15, 0.2) is 5.69 Å². The summed E-state index contributed by atoms with van der Waals surface area (Å²) < 4.78 is 5.25. The van der Waals surface area contributed by atoms with E-state index in [1.54, 1.807) is 12.3 Å². The number of aromatic amines is 1. The van der Waals surface area contributed by atoms with Gasteiger partial charge in [-0.25, -0.2) is 0 Å². The van der Waals surface area contributed by atoms with Crippen molar-refractivity contribution in [1.82, 2.24) is 20.7 Å². The molecule has 0 bridgehead atoms. The molecule has 22 heavy (non-hydrogen) atoms. The Bertz CT molecular complexity index is 661. The maximum absolute atomic E-state index is 12.3. The number of carbonyl (C=O) groups excluding carboxylic acids is 1. The van der Waals surface area contributed by atoms with Crippen molar-refractivity contribution in [3.8, 4) is 0 Å². The summed E-state index contributed by atoms with van der Waals surface area (Å²) in [6, 6.07) is 1.88. The molecule has 1 saturated carbocycles. The molecule has 1 aliphatic carbocycles. The highest BCUT2D eigenvalue weighted by atomic mass is 16.5. The van der Waals surface area contributed by atoms with Crippen LogP contribution in [0, 0.1) is 5.92 Å². The molecule has 0 radical (unpaired) electrons. The van der Waals surface area contributed by atoms with Gasteiger partial charge in [0.25, 0.3) is 5.91 Å². The van der Waals surface area contributed by atoms with Crippen molar-refractivity contribution in [3.63, 3.8) is 0 Å². The first-order chi connectivity index (χ1) is 10.7. The number of anilines is 1. The maximum atomic E-state index is 12.3. The van der Waals surface area contributed by atoms with Crippen LogP contribution in [0.4, 0.5) is 5.69 Å². The van der Waals surface area contributed by atoms with E-state index in [0.717, 1.165) is 37.4 Å². The van der Waals surface area contributed by atoms with Crippen LogP contribution in [-0.4, -0.2) is 40.4 Å². The molecule has 2 fully saturated rings. The van der Waals surface area contributed by atoms with Gasteiger partial charge in [0, 0.05) is 31.3 Å². The molecular formula is C15H19N5O2. The molecule has 3 heterocycles. The lowest BCUT2D eigenvalue weighted by Gasteiger charge is -2.16. The maximum Gasteiger partial charge on any atom is 0.273 e. The van der Waals surface area contributed by atoms with Gasteiger partial charge in [-0.2, -0.15) is 5.10 Å². The van der Waals surface area contributed by atoms with E-state index in [2.05, 4.69) is 32.5 Å². The van der Waals surface area contributed by atoms with E-state index in [4.69, 9.17) is 4.52 Å². The van der Waals surface area contributed by atoms with E-state index < -0.39 is 0 Å². The number of aromatic nitrogens is 3. The Morgan fingerprint density at radius 1 is 1.45 bits per heavy atom. The van der Waals surface area contributed by atoms with Crippen LogP contribution in [0.25, 0.3) is 0 Å². The predicted molar refractivity (Wildman–Crippen MR) is 79.7 cm³/mol. The molecule has 2 aromatic rings. The Morgan fingerprint density at radius 3 is 3.05 bits per heavy atom. The van der Waals surface area contributed by atoms with Crippen molar-refractivity contribution in [2.24, 2.45) is 5.92 Å². The molecule has 1 amide bonds. The zero-order valence-electron chi connectivity index (χ0n) is 12.5. The lowest BCUT2D eigenvalue weighted by Crippen LogP contribution is -2.40. The Labute approximate surface area is 128 Å². The summed E-state index contributed by atoms with van der Waals surface area (Å²) in [5.74, 6) is 1.52. The molecule has 116 valence electrons. The van der Waals surface area contributed by atoms with E-state index in [-0.39, 0.29) is 11.9 Å². The third-order valence-electron chi connectivity index (χ3n) is 4.52. The number of nitrogens with one attached hydrogen (secondary N) is 2. The van der Waals surface area contributed by atoms with Gasteiger partial charge in [0.1, 0.15) is 5.76 Å². The van der Waals surface area contributed by atoms with Gasteiger partial charge < -0.3 is 14.7 Å². The van der Waals surface area contributed by atoms with E-state index in [0.29, 0.717) is 17.5 Å². The van der Waals surface area contributed by atoms with Gasteiger partial charge in [-0.15, -0.1) is 0 Å². The molecule has 2 atom stereocenters. The number of H-pyrrole nitrogens is 1. The van der Waals surface area contributed by atoms with Crippen molar-refractivity contribution in [2.45, 2.75) is 31.7 Å². The Hall–Kier alpha value is -2.31. The molecule has 2 aliphatic rings. The Kier molecular flexibility index (Phi) is 3.13. The molecule has 2 N–H and O–H groups in total. The van der Waals surface area contributed by atoms with Crippen molar-refractivity contribution >= 4 is 11.6 Å². The van der Waals surface area contributed by atoms with Crippen molar-refractivity contribution < 1.29 is 9.32 Å². The van der Waals surface area contributed by atoms with Crippen LogP contribution in [0.15, 0.2) is 23.0 Å². The molecule has 2 aromatic heterocycles. The van der Waals surface area contributed by atoms with Gasteiger partial charge in [-0.1, -0.05) is 12.1 Å². The zero-order valence-corrected chi connectivity index (χ0v) is 12.5. The minimum absolute atomic E-state index is 0.100. The lowest BCUT2D eigenvalue weighted by molar-refractivity contribution is 0.0924. The molecular weight excluding hydrogens is 282 g/mol. The van der Waals surface area contributed by atoms with Crippen LogP contribution in [0.5, 0.6) is 0 Å². The first-order valence-corrected chi connectivity index (χ1v) is 7.72. The number of amides is 1. The average molecular weight is 301 g/mol. The number of hydrogen-bond donors (Lipinski definition) is 2. The Morgan fingerprint density at radius 2 is 2.32 bits per heavy atom. The Balaban J connectivity index is 1.40. The standard InChI is InChI=1S/C15H19N5O2/c1-9-7-20(11-5-16-17-6-11)8-13(9)18-15(21)12-4-14(22-19-12)10-2-3-10/h4-6,9-10,13H,2-3,7-8H2,1H3,(H,16,17)(H,18,21)/t9-,13+/m0/s1. The quantitative estimate of drug-likeness (QED) is 0.894. The van der Waals surface area contributed by atoms with Crippen LogP contribution < -0.4 is 10.2 Å². The second-order valence-corrected chi connectivity index (χ2v) is 6.31. The van der Waals surface area contributed by atoms with E-state index in [1.165, 1.54) is 0 Å². The van der Waals surface area contributed by atoms with Crippen LogP contribution >= 0.6 is 0 Å². The number of rotatable bonds is 4. The van der Waals surface area contributed by atoms with Crippen molar-refractivity contribution in [2.75, 3.05) is 18.0 Å². The van der Waals surface area contributed by atoms with Crippen LogP contribution in [-0.2, 0) is 0 Å². The fourth-order valence-electron chi connectivity index (χ4n) is 2.98. The third-order valence-corrected chi connectivity index (χ3v) is 4.52. The van der Waals surface area contributed by atoms with Crippen LogP contribution in [0.1, 0.15) is 41.9 Å². The minimum Gasteiger partial charge on any atom is -0.367 e. The summed E-state index contributed by atoms with van der Waals surface area (Å²) in [4.78, 5) is 14.5. The molecule has 0 unspecified atom stereocenters. The summed E-state index contributed by atoms with van der Waals surface area (Å²) in [7, 11) is 0. The van der Waals surface area contributed by atoms with E-state index in [9.17, 15) is 4.79 Å². The van der Waals surface area contributed by atoms with Crippen LogP contribution in [0.3, 0.4) is 0 Å². The second-order valence-electron chi connectivity index (χ2n) is 6.31. The fraction of sp³-hybridized carbons (Fsp3) is 0.533. The molecule has 7 nitrogen and oxygen atoms in total. The first kappa shape index (κ1) is 13.4. The van der Waals surface area contributed by atoms with Gasteiger partial charge >= 0.3 is 0 Å². The SMILES string of the molecule is C[C@H]1CN(c2cn[nH]c2)C[C@H]1NC(=O)c1cc(C2CC2)on1. The van der Waals surface area contributed by atoms with E-state index in [1.807, 2.05) is 6.20 Å². The summed E-state index contributed by atoms with van der Waals surface area (Å²) in [6.45, 7) is 3.82. The smallest absolute Gasteiger partial charge is 0.273 e. The van der Waals surface area contributed by atoms with Crippen LogP contribution in [0.2, 0.25) is 0 Å². The van der Waals surface area contributed by atoms with Crippen molar-refractivity contribution in [3.05, 3.63) is 29.9 Å². The normalized spacial score (nSPS) is 24.7. The molecule has 0 spiro atoms. The minimum atomic E-state index is -0.151. The highest BCUT2D eigenvalue weighted by molar-refractivity contribution is 5.92. The topological polar surface area (TPSA) is 87.0 Å². The largest absolute Gasteiger partial charge is 0.367 e. The lowest BCUT2D eigenvalue weighted by atomic mass is 10.1.